The average Bonchev–Trinajstić information content (AvgIpc) is 3.23. The highest BCUT2D eigenvalue weighted by Gasteiger charge is 2.37. The first-order valence-corrected chi connectivity index (χ1v) is 10.5. The molecule has 0 N–H and O–H groups in total. The lowest BCUT2D eigenvalue weighted by molar-refractivity contribution is -0.140. The zero-order valence-electron chi connectivity index (χ0n) is 14.3. The number of hydrogen-bond acceptors (Lipinski definition) is 5. The van der Waals surface area contributed by atoms with Gasteiger partial charge in [-0.25, -0.2) is 8.42 Å². The van der Waals surface area contributed by atoms with Gasteiger partial charge in [-0.1, -0.05) is 23.7 Å². The van der Waals surface area contributed by atoms with Gasteiger partial charge in [0, 0.05) is 6.04 Å². The molecule has 1 aromatic carbocycles. The standard InChI is InChI=1S/C18H20ClNO5S/c1-13(25-17-7-3-2-6-16(17)19)18(21)20(11-15-5-4-9-24-15)14-8-10-26(22,23)12-14/h2-7,9,13-14H,8,10-12H2,1H3/t13-,14-/m0/s1. The molecule has 0 saturated carbocycles. The Balaban J connectivity index is 1.78. The van der Waals surface area contributed by atoms with Crippen molar-refractivity contribution >= 4 is 27.3 Å². The molecule has 1 aromatic heterocycles. The molecule has 8 heteroatoms. The number of para-hydroxylation sites is 1. The van der Waals surface area contributed by atoms with Crippen molar-refractivity contribution in [1.82, 2.24) is 4.90 Å². The number of furan rings is 1. The van der Waals surface area contributed by atoms with E-state index in [1.807, 2.05) is 0 Å². The predicted molar refractivity (Wildman–Crippen MR) is 97.9 cm³/mol. The molecule has 1 aliphatic heterocycles. The minimum Gasteiger partial charge on any atom is -0.479 e. The molecule has 0 spiro atoms. The molecule has 2 atom stereocenters. The number of sulfone groups is 1. The fourth-order valence-electron chi connectivity index (χ4n) is 2.99. The summed E-state index contributed by atoms with van der Waals surface area (Å²) in [6.45, 7) is 1.83. The summed E-state index contributed by atoms with van der Waals surface area (Å²) in [5.41, 5.74) is 0. The molecule has 1 aliphatic rings. The van der Waals surface area contributed by atoms with Gasteiger partial charge in [0.15, 0.2) is 15.9 Å². The van der Waals surface area contributed by atoms with Crippen molar-refractivity contribution < 1.29 is 22.4 Å². The van der Waals surface area contributed by atoms with Crippen LogP contribution in [0, 0.1) is 0 Å². The Kier molecular flexibility index (Phi) is 5.58. The van der Waals surface area contributed by atoms with Crippen molar-refractivity contribution in [2.45, 2.75) is 32.0 Å². The lowest BCUT2D eigenvalue weighted by atomic mass is 10.2. The Morgan fingerprint density at radius 1 is 1.35 bits per heavy atom. The Hall–Kier alpha value is -1.99. The molecule has 2 heterocycles. The summed E-state index contributed by atoms with van der Waals surface area (Å²) in [5.74, 6) is 0.737. The van der Waals surface area contributed by atoms with Crippen molar-refractivity contribution in [3.8, 4) is 5.75 Å². The summed E-state index contributed by atoms with van der Waals surface area (Å²) in [6.07, 6.45) is 1.12. The second-order valence-corrected chi connectivity index (χ2v) is 8.93. The molecule has 0 radical (unpaired) electrons. The maximum absolute atomic E-state index is 13.0. The van der Waals surface area contributed by atoms with E-state index in [0.29, 0.717) is 23.0 Å². The Morgan fingerprint density at radius 2 is 2.12 bits per heavy atom. The van der Waals surface area contributed by atoms with E-state index in [4.69, 9.17) is 20.8 Å². The van der Waals surface area contributed by atoms with Crippen molar-refractivity contribution in [2.75, 3.05) is 11.5 Å². The maximum Gasteiger partial charge on any atom is 0.264 e. The number of ether oxygens (including phenoxy) is 1. The number of hydrogen-bond donors (Lipinski definition) is 0. The van der Waals surface area contributed by atoms with Gasteiger partial charge in [-0.3, -0.25) is 4.79 Å². The van der Waals surface area contributed by atoms with Crippen LogP contribution in [0.2, 0.25) is 5.02 Å². The highest BCUT2D eigenvalue weighted by atomic mass is 35.5. The molecule has 1 fully saturated rings. The highest BCUT2D eigenvalue weighted by molar-refractivity contribution is 7.91. The first kappa shape index (κ1) is 18.8. The van der Waals surface area contributed by atoms with E-state index in [1.54, 1.807) is 43.3 Å². The van der Waals surface area contributed by atoms with Gasteiger partial charge in [-0.15, -0.1) is 0 Å². The second kappa shape index (κ2) is 7.72. The molecular weight excluding hydrogens is 378 g/mol. The van der Waals surface area contributed by atoms with Crippen LogP contribution in [-0.2, 0) is 21.2 Å². The molecule has 1 amide bonds. The lowest BCUT2D eigenvalue weighted by Crippen LogP contribution is -2.46. The van der Waals surface area contributed by atoms with Gasteiger partial charge in [0.1, 0.15) is 11.5 Å². The van der Waals surface area contributed by atoms with Crippen LogP contribution in [0.4, 0.5) is 0 Å². The van der Waals surface area contributed by atoms with Gasteiger partial charge in [0.05, 0.1) is 29.3 Å². The van der Waals surface area contributed by atoms with E-state index in [2.05, 4.69) is 0 Å². The minimum absolute atomic E-state index is 0.0434. The van der Waals surface area contributed by atoms with E-state index >= 15 is 0 Å². The first-order chi connectivity index (χ1) is 12.4. The minimum atomic E-state index is -3.13. The van der Waals surface area contributed by atoms with Crippen molar-refractivity contribution in [2.24, 2.45) is 0 Å². The Labute approximate surface area is 157 Å². The van der Waals surface area contributed by atoms with Gasteiger partial charge in [0.2, 0.25) is 0 Å². The Bertz CT molecular complexity index is 865. The molecule has 0 aliphatic carbocycles. The quantitative estimate of drug-likeness (QED) is 0.749. The number of amides is 1. The number of carbonyl (C=O) groups excluding carboxylic acids is 1. The monoisotopic (exact) mass is 397 g/mol. The van der Waals surface area contributed by atoms with Gasteiger partial charge in [0.25, 0.3) is 5.91 Å². The van der Waals surface area contributed by atoms with E-state index in [9.17, 15) is 13.2 Å². The summed E-state index contributed by atoms with van der Waals surface area (Å²) in [6, 6.07) is 9.99. The fraction of sp³-hybridized carbons (Fsp3) is 0.389. The molecule has 1 saturated heterocycles. The van der Waals surface area contributed by atoms with E-state index < -0.39 is 22.0 Å². The van der Waals surface area contributed by atoms with Gasteiger partial charge in [-0.05, 0) is 37.6 Å². The highest BCUT2D eigenvalue weighted by Crippen LogP contribution is 2.26. The number of nitrogens with zero attached hydrogens (tertiary/aromatic N) is 1. The zero-order valence-corrected chi connectivity index (χ0v) is 15.9. The molecule has 0 bridgehead atoms. The van der Waals surface area contributed by atoms with Crippen LogP contribution in [0.1, 0.15) is 19.1 Å². The SMILES string of the molecule is C[C@H](Oc1ccccc1Cl)C(=O)N(Cc1ccco1)[C@H]1CCS(=O)(=O)C1. The smallest absolute Gasteiger partial charge is 0.264 e. The van der Waals surface area contributed by atoms with Gasteiger partial charge < -0.3 is 14.1 Å². The van der Waals surface area contributed by atoms with E-state index in [-0.39, 0.29) is 24.0 Å². The third-order valence-corrected chi connectivity index (χ3v) is 6.39. The molecule has 140 valence electrons. The van der Waals surface area contributed by atoms with Crippen molar-refractivity contribution in [3.63, 3.8) is 0 Å². The summed E-state index contributed by atoms with van der Waals surface area (Å²) in [5, 5.41) is 0.410. The van der Waals surface area contributed by atoms with Crippen LogP contribution >= 0.6 is 11.6 Å². The van der Waals surface area contributed by atoms with E-state index in [1.165, 1.54) is 11.2 Å². The van der Waals surface area contributed by atoms with Gasteiger partial charge in [-0.2, -0.15) is 0 Å². The summed E-state index contributed by atoms with van der Waals surface area (Å²) in [4.78, 5) is 14.5. The van der Waals surface area contributed by atoms with Gasteiger partial charge >= 0.3 is 0 Å². The van der Waals surface area contributed by atoms with Crippen molar-refractivity contribution in [3.05, 3.63) is 53.4 Å². The Morgan fingerprint density at radius 3 is 2.73 bits per heavy atom. The lowest BCUT2D eigenvalue weighted by Gasteiger charge is -2.30. The number of carbonyl (C=O) groups is 1. The molecular formula is C18H20ClNO5S. The number of halogens is 1. The van der Waals surface area contributed by atoms with Crippen LogP contribution in [0.3, 0.4) is 0 Å². The molecule has 2 aromatic rings. The molecule has 26 heavy (non-hydrogen) atoms. The molecule has 6 nitrogen and oxygen atoms in total. The molecule has 0 unspecified atom stereocenters. The summed E-state index contributed by atoms with van der Waals surface area (Å²) in [7, 11) is -3.13. The van der Waals surface area contributed by atoms with E-state index in [0.717, 1.165) is 0 Å². The van der Waals surface area contributed by atoms with Crippen LogP contribution in [0.5, 0.6) is 5.75 Å². The van der Waals surface area contributed by atoms with Crippen LogP contribution < -0.4 is 4.74 Å². The second-order valence-electron chi connectivity index (χ2n) is 6.29. The van der Waals surface area contributed by atoms with Crippen LogP contribution in [0.15, 0.2) is 47.1 Å². The number of rotatable bonds is 6. The summed E-state index contributed by atoms with van der Waals surface area (Å²) < 4.78 is 34.8. The van der Waals surface area contributed by atoms with Crippen LogP contribution in [-0.4, -0.2) is 42.9 Å². The third kappa shape index (κ3) is 4.40. The average molecular weight is 398 g/mol. The summed E-state index contributed by atoms with van der Waals surface area (Å²) >= 11 is 6.09. The zero-order chi connectivity index (χ0) is 18.7. The third-order valence-electron chi connectivity index (χ3n) is 4.33. The van der Waals surface area contributed by atoms with Crippen LogP contribution in [0.25, 0.3) is 0 Å². The first-order valence-electron chi connectivity index (χ1n) is 8.30. The normalized spacial score (nSPS) is 19.8. The predicted octanol–water partition coefficient (Wildman–Crippen LogP) is 2.92. The van der Waals surface area contributed by atoms with Crippen molar-refractivity contribution in [1.29, 1.82) is 0 Å². The number of benzene rings is 1. The fourth-order valence-corrected chi connectivity index (χ4v) is 4.90. The largest absolute Gasteiger partial charge is 0.479 e. The molecule has 3 rings (SSSR count). The topological polar surface area (TPSA) is 76.8 Å². The maximum atomic E-state index is 13.0.